The fraction of sp³-hybridized carbons (Fsp3) is 0.500. The molecule has 2 N–H and O–H groups in total. The molecule has 21 heavy (non-hydrogen) atoms. The van der Waals surface area contributed by atoms with E-state index in [1.807, 2.05) is 12.4 Å². The highest BCUT2D eigenvalue weighted by Crippen LogP contribution is 2.15. The molecule has 3 heteroatoms. The highest BCUT2D eigenvalue weighted by atomic mass is 14.9. The maximum Gasteiger partial charge on any atom is 0.106 e. The van der Waals surface area contributed by atoms with Crippen molar-refractivity contribution >= 4 is 0 Å². The zero-order valence-corrected chi connectivity index (χ0v) is 13.4. The minimum Gasteiger partial charge on any atom is -0.349 e. The van der Waals surface area contributed by atoms with Gasteiger partial charge >= 0.3 is 0 Å². The number of imidazole rings is 1. The van der Waals surface area contributed by atoms with Crippen LogP contribution in [-0.4, -0.2) is 16.5 Å². The Morgan fingerprint density at radius 2 is 1.90 bits per heavy atom. The molecule has 2 aromatic rings. The predicted octanol–water partition coefficient (Wildman–Crippen LogP) is 3.89. The topological polar surface area (TPSA) is 40.7 Å². The third-order valence-corrected chi connectivity index (χ3v) is 3.72. The molecule has 1 aromatic heterocycles. The standard InChI is InChI=1S/C18H27N3/c1-14(2)13-16-6-8-17(9-7-16)15(3)19-10-4-5-18-20-11-12-21-18/h6-9,11-12,14-15,19H,4-5,10,13H2,1-3H3,(H,20,21). The Balaban J connectivity index is 1.73. The molecule has 0 aliphatic heterocycles. The van der Waals surface area contributed by atoms with Crippen LogP contribution in [0.2, 0.25) is 0 Å². The van der Waals surface area contributed by atoms with Crippen LogP contribution >= 0.6 is 0 Å². The highest BCUT2D eigenvalue weighted by molar-refractivity contribution is 5.25. The molecule has 0 spiro atoms. The van der Waals surface area contributed by atoms with Crippen molar-refractivity contribution in [2.75, 3.05) is 6.54 Å². The van der Waals surface area contributed by atoms with Gasteiger partial charge in [0.2, 0.25) is 0 Å². The molecule has 0 aliphatic carbocycles. The molecule has 1 unspecified atom stereocenters. The fourth-order valence-corrected chi connectivity index (χ4v) is 2.54. The van der Waals surface area contributed by atoms with Crippen LogP contribution in [0.5, 0.6) is 0 Å². The van der Waals surface area contributed by atoms with E-state index in [2.05, 4.69) is 60.3 Å². The zero-order valence-electron chi connectivity index (χ0n) is 13.4. The third kappa shape index (κ3) is 5.35. The quantitative estimate of drug-likeness (QED) is 0.722. The molecule has 0 amide bonds. The van der Waals surface area contributed by atoms with E-state index in [9.17, 15) is 0 Å². The van der Waals surface area contributed by atoms with E-state index in [-0.39, 0.29) is 0 Å². The van der Waals surface area contributed by atoms with E-state index in [4.69, 9.17) is 0 Å². The van der Waals surface area contributed by atoms with Crippen molar-refractivity contribution < 1.29 is 0 Å². The summed E-state index contributed by atoms with van der Waals surface area (Å²) in [6.45, 7) is 7.76. The number of aromatic amines is 1. The van der Waals surface area contributed by atoms with Crippen molar-refractivity contribution in [1.82, 2.24) is 15.3 Å². The number of nitrogens with zero attached hydrogens (tertiary/aromatic N) is 1. The van der Waals surface area contributed by atoms with Gasteiger partial charge in [-0.15, -0.1) is 0 Å². The Bertz CT molecular complexity index is 500. The van der Waals surface area contributed by atoms with E-state index in [1.165, 1.54) is 11.1 Å². The molecule has 0 bridgehead atoms. The lowest BCUT2D eigenvalue weighted by molar-refractivity contribution is 0.554. The number of aromatic nitrogens is 2. The van der Waals surface area contributed by atoms with Crippen molar-refractivity contribution in [2.24, 2.45) is 5.92 Å². The summed E-state index contributed by atoms with van der Waals surface area (Å²) in [6, 6.07) is 9.42. The minimum atomic E-state index is 0.398. The van der Waals surface area contributed by atoms with Crippen LogP contribution < -0.4 is 5.32 Å². The van der Waals surface area contributed by atoms with Crippen LogP contribution in [0, 0.1) is 5.92 Å². The lowest BCUT2D eigenvalue weighted by Gasteiger charge is -2.15. The van der Waals surface area contributed by atoms with E-state index in [1.54, 1.807) is 0 Å². The van der Waals surface area contributed by atoms with Crippen LogP contribution in [0.3, 0.4) is 0 Å². The van der Waals surface area contributed by atoms with Crippen molar-refractivity contribution in [3.05, 3.63) is 53.6 Å². The largest absolute Gasteiger partial charge is 0.349 e. The van der Waals surface area contributed by atoms with Gasteiger partial charge in [0.05, 0.1) is 0 Å². The maximum atomic E-state index is 4.24. The average molecular weight is 285 g/mol. The molecule has 0 saturated carbocycles. The number of benzene rings is 1. The van der Waals surface area contributed by atoms with Gasteiger partial charge < -0.3 is 10.3 Å². The monoisotopic (exact) mass is 285 g/mol. The van der Waals surface area contributed by atoms with Gasteiger partial charge in [-0.05, 0) is 43.4 Å². The molecule has 1 aromatic carbocycles. The van der Waals surface area contributed by atoms with Crippen molar-refractivity contribution in [3.63, 3.8) is 0 Å². The number of hydrogen-bond acceptors (Lipinski definition) is 2. The summed E-state index contributed by atoms with van der Waals surface area (Å²) in [4.78, 5) is 7.38. The van der Waals surface area contributed by atoms with Gasteiger partial charge in [-0.1, -0.05) is 38.1 Å². The molecular formula is C18H27N3. The smallest absolute Gasteiger partial charge is 0.106 e. The van der Waals surface area contributed by atoms with Gasteiger partial charge in [0.15, 0.2) is 0 Å². The first-order valence-corrected chi connectivity index (χ1v) is 7.95. The first-order chi connectivity index (χ1) is 10.1. The molecule has 0 radical (unpaired) electrons. The molecule has 0 saturated heterocycles. The second kappa shape index (κ2) is 7.99. The van der Waals surface area contributed by atoms with Crippen molar-refractivity contribution in [2.45, 2.75) is 46.1 Å². The Kier molecular flexibility index (Phi) is 6.00. The van der Waals surface area contributed by atoms with Gasteiger partial charge in [-0.2, -0.15) is 0 Å². The van der Waals surface area contributed by atoms with Crippen molar-refractivity contribution in [1.29, 1.82) is 0 Å². The van der Waals surface area contributed by atoms with Gasteiger partial charge in [0.25, 0.3) is 0 Å². The summed E-state index contributed by atoms with van der Waals surface area (Å²) in [6.07, 6.45) is 6.95. The first kappa shape index (κ1) is 15.8. The number of H-pyrrole nitrogens is 1. The summed E-state index contributed by atoms with van der Waals surface area (Å²) in [5.41, 5.74) is 2.79. The Morgan fingerprint density at radius 1 is 1.14 bits per heavy atom. The van der Waals surface area contributed by atoms with Crippen LogP contribution in [0.4, 0.5) is 0 Å². The van der Waals surface area contributed by atoms with Crippen LogP contribution in [0.25, 0.3) is 0 Å². The number of aryl methyl sites for hydroxylation is 1. The molecular weight excluding hydrogens is 258 g/mol. The van der Waals surface area contributed by atoms with E-state index in [0.717, 1.165) is 31.6 Å². The summed E-state index contributed by atoms with van der Waals surface area (Å²) in [7, 11) is 0. The fourth-order valence-electron chi connectivity index (χ4n) is 2.54. The van der Waals surface area contributed by atoms with E-state index < -0.39 is 0 Å². The second-order valence-corrected chi connectivity index (χ2v) is 6.15. The molecule has 2 rings (SSSR count). The minimum absolute atomic E-state index is 0.398. The van der Waals surface area contributed by atoms with Crippen LogP contribution in [-0.2, 0) is 12.8 Å². The molecule has 114 valence electrons. The summed E-state index contributed by atoms with van der Waals surface area (Å²) in [5, 5.41) is 3.58. The van der Waals surface area contributed by atoms with E-state index >= 15 is 0 Å². The van der Waals surface area contributed by atoms with Gasteiger partial charge in [0.1, 0.15) is 5.82 Å². The lowest BCUT2D eigenvalue weighted by atomic mass is 10.00. The van der Waals surface area contributed by atoms with Crippen molar-refractivity contribution in [3.8, 4) is 0 Å². The normalized spacial score (nSPS) is 12.8. The maximum absolute atomic E-state index is 4.24. The van der Waals surface area contributed by atoms with Crippen LogP contribution in [0.15, 0.2) is 36.7 Å². The Morgan fingerprint density at radius 3 is 2.52 bits per heavy atom. The zero-order chi connectivity index (χ0) is 15.1. The molecule has 1 atom stereocenters. The first-order valence-electron chi connectivity index (χ1n) is 7.95. The summed E-state index contributed by atoms with van der Waals surface area (Å²) in [5.74, 6) is 1.79. The summed E-state index contributed by atoms with van der Waals surface area (Å²) >= 11 is 0. The molecule has 0 aliphatic rings. The average Bonchev–Trinajstić information content (AvgIpc) is 2.97. The molecule has 3 nitrogen and oxygen atoms in total. The molecule has 0 fully saturated rings. The lowest BCUT2D eigenvalue weighted by Crippen LogP contribution is -2.20. The second-order valence-electron chi connectivity index (χ2n) is 6.15. The van der Waals surface area contributed by atoms with Gasteiger partial charge in [0, 0.05) is 24.9 Å². The highest BCUT2D eigenvalue weighted by Gasteiger charge is 2.05. The Hall–Kier alpha value is -1.61. The number of nitrogens with one attached hydrogen (secondary N) is 2. The third-order valence-electron chi connectivity index (χ3n) is 3.72. The van der Waals surface area contributed by atoms with E-state index in [0.29, 0.717) is 12.0 Å². The SMILES string of the molecule is CC(C)Cc1ccc(C(C)NCCCc2ncc[nH]2)cc1. The predicted molar refractivity (Wildman–Crippen MR) is 88.3 cm³/mol. The number of hydrogen-bond donors (Lipinski definition) is 2. The van der Waals surface area contributed by atoms with Gasteiger partial charge in [-0.3, -0.25) is 0 Å². The number of rotatable bonds is 8. The van der Waals surface area contributed by atoms with Crippen LogP contribution in [0.1, 0.15) is 50.2 Å². The van der Waals surface area contributed by atoms with Gasteiger partial charge in [-0.25, -0.2) is 4.98 Å². The molecule has 1 heterocycles. The Labute approximate surface area is 128 Å². The summed E-state index contributed by atoms with van der Waals surface area (Å²) < 4.78 is 0.